The van der Waals surface area contributed by atoms with Crippen molar-refractivity contribution in [1.82, 2.24) is 9.88 Å². The molecule has 6 heteroatoms. The monoisotopic (exact) mass is 315 g/mol. The Morgan fingerprint density at radius 1 is 1.23 bits per heavy atom. The van der Waals surface area contributed by atoms with Crippen LogP contribution in [0.5, 0.6) is 0 Å². The lowest BCUT2D eigenvalue weighted by Crippen LogP contribution is -2.30. The van der Waals surface area contributed by atoms with E-state index in [1.165, 1.54) is 24.3 Å². The second-order valence-corrected chi connectivity index (χ2v) is 5.98. The largest absolute Gasteiger partial charge is 0.321 e. The van der Waals surface area contributed by atoms with Gasteiger partial charge in [-0.15, -0.1) is 11.3 Å². The van der Waals surface area contributed by atoms with Crippen LogP contribution in [0.4, 0.5) is 14.9 Å². The molecule has 0 aliphatic rings. The van der Waals surface area contributed by atoms with E-state index in [1.807, 2.05) is 24.3 Å². The van der Waals surface area contributed by atoms with Gasteiger partial charge in [-0.05, 0) is 36.4 Å². The Hall–Kier alpha value is -2.47. The molecule has 0 atom stereocenters. The molecule has 0 bridgehead atoms. The number of aromatic nitrogens is 1. The highest BCUT2D eigenvalue weighted by atomic mass is 32.1. The summed E-state index contributed by atoms with van der Waals surface area (Å²) in [5.41, 5.74) is 1.50. The first kappa shape index (κ1) is 14.5. The molecule has 3 aromatic rings. The molecular weight excluding hydrogens is 301 g/mol. The van der Waals surface area contributed by atoms with Crippen molar-refractivity contribution in [2.24, 2.45) is 0 Å². The Kier molecular flexibility index (Phi) is 4.02. The first-order valence-electron chi connectivity index (χ1n) is 6.74. The number of nitrogens with one attached hydrogen (secondary N) is 1. The van der Waals surface area contributed by atoms with Crippen LogP contribution in [-0.4, -0.2) is 23.0 Å². The van der Waals surface area contributed by atoms with Crippen LogP contribution in [0.2, 0.25) is 0 Å². The number of fused-ring (bicyclic) bond motifs is 1. The van der Waals surface area contributed by atoms with E-state index in [9.17, 15) is 9.18 Å². The Morgan fingerprint density at radius 3 is 2.68 bits per heavy atom. The minimum Gasteiger partial charge on any atom is -0.321 e. The van der Waals surface area contributed by atoms with Crippen LogP contribution in [0.25, 0.3) is 10.2 Å². The van der Waals surface area contributed by atoms with Crippen LogP contribution in [0.15, 0.2) is 48.5 Å². The topological polar surface area (TPSA) is 45.2 Å². The minimum atomic E-state index is -0.333. The summed E-state index contributed by atoms with van der Waals surface area (Å²) in [5, 5.41) is 3.59. The van der Waals surface area contributed by atoms with Crippen LogP contribution in [-0.2, 0) is 6.54 Å². The summed E-state index contributed by atoms with van der Waals surface area (Å²) in [7, 11) is 1.70. The van der Waals surface area contributed by atoms with Crippen LogP contribution in [0.3, 0.4) is 0 Å². The van der Waals surface area contributed by atoms with Crippen LogP contribution < -0.4 is 5.32 Å². The molecule has 0 saturated heterocycles. The molecule has 4 nitrogen and oxygen atoms in total. The molecule has 1 aromatic heterocycles. The minimum absolute atomic E-state index is 0.258. The van der Waals surface area contributed by atoms with Gasteiger partial charge in [-0.3, -0.25) is 0 Å². The van der Waals surface area contributed by atoms with Gasteiger partial charge in [0.2, 0.25) is 0 Å². The zero-order valence-electron chi connectivity index (χ0n) is 11.9. The summed E-state index contributed by atoms with van der Waals surface area (Å²) >= 11 is 1.57. The summed E-state index contributed by atoms with van der Waals surface area (Å²) < 4.78 is 13.9. The van der Waals surface area contributed by atoms with Gasteiger partial charge in [0.25, 0.3) is 0 Å². The number of nitrogens with zero attached hydrogens (tertiary/aromatic N) is 2. The number of carbonyl (C=O) groups is 1. The van der Waals surface area contributed by atoms with Gasteiger partial charge in [0.1, 0.15) is 10.8 Å². The van der Waals surface area contributed by atoms with Gasteiger partial charge in [0.15, 0.2) is 0 Å². The standard InChI is InChI=1S/C16H14FN3OS/c1-20(16(21)18-12-8-6-11(17)7-9-12)10-15-19-13-4-2-3-5-14(13)22-15/h2-9H,10H2,1H3,(H,18,21). The van der Waals surface area contributed by atoms with E-state index in [2.05, 4.69) is 10.3 Å². The highest BCUT2D eigenvalue weighted by molar-refractivity contribution is 7.18. The smallest absolute Gasteiger partial charge is 0.321 e. The fraction of sp³-hybridized carbons (Fsp3) is 0.125. The fourth-order valence-electron chi connectivity index (χ4n) is 2.01. The summed E-state index contributed by atoms with van der Waals surface area (Å²) in [6.45, 7) is 0.423. The summed E-state index contributed by atoms with van der Waals surface area (Å²) in [5.74, 6) is -0.333. The van der Waals surface area contributed by atoms with E-state index in [0.717, 1.165) is 15.2 Å². The number of hydrogen-bond acceptors (Lipinski definition) is 3. The average Bonchev–Trinajstić information content (AvgIpc) is 2.91. The lowest BCUT2D eigenvalue weighted by atomic mass is 10.3. The number of para-hydroxylation sites is 1. The molecule has 0 aliphatic carbocycles. The molecule has 0 saturated carbocycles. The van der Waals surface area contributed by atoms with Crippen molar-refractivity contribution < 1.29 is 9.18 Å². The Bertz CT molecular complexity index is 768. The Labute approximate surface area is 131 Å². The van der Waals surface area contributed by atoms with Crippen molar-refractivity contribution in [2.75, 3.05) is 12.4 Å². The van der Waals surface area contributed by atoms with Crippen molar-refractivity contribution in [3.63, 3.8) is 0 Å². The van der Waals surface area contributed by atoms with Gasteiger partial charge in [-0.2, -0.15) is 0 Å². The third-order valence-corrected chi connectivity index (χ3v) is 4.17. The second-order valence-electron chi connectivity index (χ2n) is 4.87. The number of amides is 2. The second kappa shape index (κ2) is 6.11. The molecule has 112 valence electrons. The zero-order chi connectivity index (χ0) is 15.5. The van der Waals surface area contributed by atoms with E-state index < -0.39 is 0 Å². The van der Waals surface area contributed by atoms with Gasteiger partial charge >= 0.3 is 6.03 Å². The summed E-state index contributed by atoms with van der Waals surface area (Å²) in [6.07, 6.45) is 0. The molecule has 0 unspecified atom stereocenters. The molecule has 1 heterocycles. The van der Waals surface area contributed by atoms with Gasteiger partial charge in [0, 0.05) is 12.7 Å². The number of anilines is 1. The Balaban J connectivity index is 1.66. The number of thiazole rings is 1. The molecule has 2 amide bonds. The maximum atomic E-state index is 12.8. The molecule has 0 fully saturated rings. The quantitative estimate of drug-likeness (QED) is 0.791. The van der Waals surface area contributed by atoms with Crippen LogP contribution >= 0.6 is 11.3 Å². The third kappa shape index (κ3) is 3.23. The van der Waals surface area contributed by atoms with Gasteiger partial charge < -0.3 is 10.2 Å². The first-order valence-corrected chi connectivity index (χ1v) is 7.55. The molecular formula is C16H14FN3OS. The van der Waals surface area contributed by atoms with E-state index in [4.69, 9.17) is 0 Å². The highest BCUT2D eigenvalue weighted by Gasteiger charge is 2.12. The van der Waals surface area contributed by atoms with Gasteiger partial charge in [0.05, 0.1) is 16.8 Å². The zero-order valence-corrected chi connectivity index (χ0v) is 12.7. The maximum absolute atomic E-state index is 12.8. The molecule has 1 N–H and O–H groups in total. The van der Waals surface area contributed by atoms with Crippen molar-refractivity contribution in [3.05, 3.63) is 59.4 Å². The average molecular weight is 315 g/mol. The fourth-order valence-corrected chi connectivity index (χ4v) is 3.04. The lowest BCUT2D eigenvalue weighted by molar-refractivity contribution is 0.220. The normalized spacial score (nSPS) is 10.6. The highest BCUT2D eigenvalue weighted by Crippen LogP contribution is 2.22. The van der Waals surface area contributed by atoms with E-state index in [0.29, 0.717) is 12.2 Å². The van der Waals surface area contributed by atoms with Gasteiger partial charge in [-0.1, -0.05) is 12.1 Å². The molecule has 0 radical (unpaired) electrons. The number of rotatable bonds is 3. The van der Waals surface area contributed by atoms with Crippen molar-refractivity contribution in [1.29, 1.82) is 0 Å². The number of urea groups is 1. The predicted octanol–water partition coefficient (Wildman–Crippen LogP) is 4.10. The molecule has 0 spiro atoms. The number of hydrogen-bond donors (Lipinski definition) is 1. The molecule has 3 rings (SSSR count). The maximum Gasteiger partial charge on any atom is 0.321 e. The van der Waals surface area contributed by atoms with E-state index >= 15 is 0 Å². The van der Waals surface area contributed by atoms with Crippen LogP contribution in [0.1, 0.15) is 5.01 Å². The SMILES string of the molecule is CN(Cc1nc2ccccc2s1)C(=O)Nc1ccc(F)cc1. The van der Waals surface area contributed by atoms with Crippen molar-refractivity contribution >= 4 is 33.3 Å². The molecule has 22 heavy (non-hydrogen) atoms. The summed E-state index contributed by atoms with van der Waals surface area (Å²) in [4.78, 5) is 18.2. The summed E-state index contributed by atoms with van der Waals surface area (Å²) in [6, 6.07) is 13.3. The molecule has 0 aliphatic heterocycles. The lowest BCUT2D eigenvalue weighted by Gasteiger charge is -2.16. The van der Waals surface area contributed by atoms with Crippen LogP contribution in [0, 0.1) is 5.82 Å². The third-order valence-electron chi connectivity index (χ3n) is 3.15. The predicted molar refractivity (Wildman–Crippen MR) is 86.5 cm³/mol. The van der Waals surface area contributed by atoms with Crippen molar-refractivity contribution in [2.45, 2.75) is 6.54 Å². The number of carbonyl (C=O) groups excluding carboxylic acids is 1. The van der Waals surface area contributed by atoms with E-state index in [-0.39, 0.29) is 11.8 Å². The molecule has 2 aromatic carbocycles. The number of halogens is 1. The number of benzene rings is 2. The Morgan fingerprint density at radius 2 is 1.95 bits per heavy atom. The van der Waals surface area contributed by atoms with E-state index in [1.54, 1.807) is 23.3 Å². The first-order chi connectivity index (χ1) is 10.6. The van der Waals surface area contributed by atoms with Crippen molar-refractivity contribution in [3.8, 4) is 0 Å². The van der Waals surface area contributed by atoms with Gasteiger partial charge in [-0.25, -0.2) is 14.2 Å².